The molecule has 0 bridgehead atoms. The third-order valence-electron chi connectivity index (χ3n) is 3.63. The highest BCUT2D eigenvalue weighted by Gasteiger charge is 2.37. The zero-order chi connectivity index (χ0) is 13.3. The number of likely N-dealkylation sites (N-methyl/N-ethyl adjacent to an activating group) is 1. The summed E-state index contributed by atoms with van der Waals surface area (Å²) in [5.41, 5.74) is 4.68. The predicted molar refractivity (Wildman–Crippen MR) is 75.0 cm³/mol. The molecule has 1 unspecified atom stereocenters. The molecule has 1 atom stereocenters. The Bertz CT molecular complexity index is 468. The first kappa shape index (κ1) is 13.1. The number of fused-ring (bicyclic) bond motifs is 1. The van der Waals surface area contributed by atoms with Crippen molar-refractivity contribution in [1.29, 1.82) is 0 Å². The number of nitrogens with one attached hydrogen (secondary N) is 1. The average molecular weight is 246 g/mol. The number of nitrogens with zero attached hydrogens (tertiary/aromatic N) is 1. The molecule has 1 N–H and O–H groups in total. The predicted octanol–water partition coefficient (Wildman–Crippen LogP) is 2.71. The fourth-order valence-corrected chi connectivity index (χ4v) is 2.77. The van der Waals surface area contributed by atoms with Crippen LogP contribution in [0.5, 0.6) is 0 Å². The Hall–Kier alpha value is -1.35. The Labute approximate surface area is 109 Å². The molecule has 0 aromatic heterocycles. The van der Waals surface area contributed by atoms with Gasteiger partial charge in [-0.1, -0.05) is 19.4 Å². The fraction of sp³-hybridized carbons (Fsp3) is 0.533. The maximum atomic E-state index is 12.4. The largest absolute Gasteiger partial charge is 0.310 e. The van der Waals surface area contributed by atoms with Gasteiger partial charge < -0.3 is 10.2 Å². The molecule has 0 fully saturated rings. The summed E-state index contributed by atoms with van der Waals surface area (Å²) >= 11 is 0. The highest BCUT2D eigenvalue weighted by Crippen LogP contribution is 2.38. The van der Waals surface area contributed by atoms with Crippen molar-refractivity contribution < 1.29 is 4.79 Å². The van der Waals surface area contributed by atoms with Crippen molar-refractivity contribution in [2.75, 3.05) is 18.5 Å². The molecule has 0 saturated carbocycles. The van der Waals surface area contributed by atoms with E-state index >= 15 is 0 Å². The van der Waals surface area contributed by atoms with E-state index in [4.69, 9.17) is 0 Å². The van der Waals surface area contributed by atoms with Gasteiger partial charge in [0.1, 0.15) is 6.04 Å². The maximum Gasteiger partial charge on any atom is 0.248 e. The summed E-state index contributed by atoms with van der Waals surface area (Å²) < 4.78 is 0. The van der Waals surface area contributed by atoms with Crippen LogP contribution in [0.15, 0.2) is 12.1 Å². The van der Waals surface area contributed by atoms with Gasteiger partial charge in [-0.3, -0.25) is 4.79 Å². The van der Waals surface area contributed by atoms with Gasteiger partial charge in [-0.25, -0.2) is 0 Å². The number of carbonyl (C=O) groups is 1. The van der Waals surface area contributed by atoms with E-state index in [0.717, 1.165) is 30.6 Å². The van der Waals surface area contributed by atoms with Gasteiger partial charge in [0, 0.05) is 17.8 Å². The molecular weight excluding hydrogens is 224 g/mol. The molecule has 0 spiro atoms. The van der Waals surface area contributed by atoms with Gasteiger partial charge in [0.2, 0.25) is 5.91 Å². The van der Waals surface area contributed by atoms with E-state index < -0.39 is 0 Å². The number of unbranched alkanes of at least 4 members (excludes halogenated alkanes) is 1. The van der Waals surface area contributed by atoms with Crippen LogP contribution in [0.2, 0.25) is 0 Å². The Balaban J connectivity index is 2.46. The lowest BCUT2D eigenvalue weighted by Gasteiger charge is -2.17. The van der Waals surface area contributed by atoms with Crippen molar-refractivity contribution in [2.45, 2.75) is 39.7 Å². The molecule has 1 amide bonds. The third-order valence-corrected chi connectivity index (χ3v) is 3.63. The van der Waals surface area contributed by atoms with E-state index in [1.807, 2.05) is 11.9 Å². The van der Waals surface area contributed by atoms with E-state index in [2.05, 4.69) is 38.2 Å². The van der Waals surface area contributed by atoms with Crippen LogP contribution < -0.4 is 10.2 Å². The summed E-state index contributed by atoms with van der Waals surface area (Å²) in [4.78, 5) is 14.4. The second-order valence-electron chi connectivity index (χ2n) is 5.08. The van der Waals surface area contributed by atoms with E-state index in [0.29, 0.717) is 0 Å². The molecule has 1 aromatic rings. The molecule has 18 heavy (non-hydrogen) atoms. The summed E-state index contributed by atoms with van der Waals surface area (Å²) in [6, 6.07) is 4.12. The summed E-state index contributed by atoms with van der Waals surface area (Å²) in [6.45, 7) is 7.15. The van der Waals surface area contributed by atoms with Crippen LogP contribution in [0.25, 0.3) is 0 Å². The van der Waals surface area contributed by atoms with Crippen molar-refractivity contribution in [2.24, 2.45) is 0 Å². The number of hydrogen-bond donors (Lipinski definition) is 1. The number of carbonyl (C=O) groups excluding carboxylic acids is 1. The summed E-state index contributed by atoms with van der Waals surface area (Å²) in [7, 11) is 1.86. The van der Waals surface area contributed by atoms with E-state index in [1.165, 1.54) is 11.1 Å². The molecule has 2 rings (SSSR count). The molecule has 98 valence electrons. The molecule has 0 saturated heterocycles. The van der Waals surface area contributed by atoms with Gasteiger partial charge in [-0.05, 0) is 44.5 Å². The Kier molecular flexibility index (Phi) is 3.71. The minimum atomic E-state index is -0.169. The lowest BCUT2D eigenvalue weighted by molar-refractivity contribution is -0.119. The van der Waals surface area contributed by atoms with Crippen LogP contribution in [-0.4, -0.2) is 19.5 Å². The van der Waals surface area contributed by atoms with Gasteiger partial charge in [0.25, 0.3) is 0 Å². The van der Waals surface area contributed by atoms with Crippen molar-refractivity contribution >= 4 is 11.6 Å². The minimum Gasteiger partial charge on any atom is -0.310 e. The van der Waals surface area contributed by atoms with Crippen LogP contribution in [0.3, 0.4) is 0 Å². The van der Waals surface area contributed by atoms with Gasteiger partial charge >= 0.3 is 0 Å². The molecule has 0 radical (unpaired) electrons. The summed E-state index contributed by atoms with van der Waals surface area (Å²) in [5, 5.41) is 3.15. The standard InChI is InChI=1S/C15H22N2O/c1-5-6-7-17-12-9-10(2)8-11(3)13(12)14(16-4)15(17)18/h8-9,14,16H,5-7H2,1-4H3. The van der Waals surface area contributed by atoms with Gasteiger partial charge in [-0.2, -0.15) is 0 Å². The first-order chi connectivity index (χ1) is 8.60. The maximum absolute atomic E-state index is 12.4. The number of anilines is 1. The molecule has 1 aliphatic rings. The van der Waals surface area contributed by atoms with Crippen molar-refractivity contribution in [3.8, 4) is 0 Å². The van der Waals surface area contributed by atoms with Crippen LogP contribution >= 0.6 is 0 Å². The Morgan fingerprint density at radius 2 is 2.06 bits per heavy atom. The molecule has 3 nitrogen and oxygen atoms in total. The number of rotatable bonds is 4. The average Bonchev–Trinajstić information content (AvgIpc) is 2.59. The Morgan fingerprint density at radius 1 is 1.33 bits per heavy atom. The molecule has 1 aliphatic heterocycles. The zero-order valence-corrected chi connectivity index (χ0v) is 11.7. The molecule has 0 aliphatic carbocycles. The van der Waals surface area contributed by atoms with Crippen LogP contribution in [0, 0.1) is 13.8 Å². The normalized spacial score (nSPS) is 18.3. The zero-order valence-electron chi connectivity index (χ0n) is 11.7. The first-order valence-electron chi connectivity index (χ1n) is 6.70. The van der Waals surface area contributed by atoms with Crippen LogP contribution in [0.1, 0.15) is 42.5 Å². The van der Waals surface area contributed by atoms with Crippen molar-refractivity contribution in [3.05, 3.63) is 28.8 Å². The summed E-state index contributed by atoms with van der Waals surface area (Å²) in [5.74, 6) is 0.189. The molecular formula is C15H22N2O. The number of benzene rings is 1. The first-order valence-corrected chi connectivity index (χ1v) is 6.70. The van der Waals surface area contributed by atoms with Crippen LogP contribution in [-0.2, 0) is 4.79 Å². The quantitative estimate of drug-likeness (QED) is 0.886. The van der Waals surface area contributed by atoms with Gasteiger partial charge in [0.05, 0.1) is 0 Å². The van der Waals surface area contributed by atoms with Crippen molar-refractivity contribution in [1.82, 2.24) is 5.32 Å². The Morgan fingerprint density at radius 3 is 2.67 bits per heavy atom. The second-order valence-corrected chi connectivity index (χ2v) is 5.08. The third kappa shape index (κ3) is 2.03. The SMILES string of the molecule is CCCCN1C(=O)C(NC)c2c(C)cc(C)cc21. The summed E-state index contributed by atoms with van der Waals surface area (Å²) in [6.07, 6.45) is 2.16. The van der Waals surface area contributed by atoms with Gasteiger partial charge in [0.15, 0.2) is 0 Å². The highest BCUT2D eigenvalue weighted by atomic mass is 16.2. The highest BCUT2D eigenvalue weighted by molar-refractivity contribution is 6.05. The molecule has 3 heteroatoms. The van der Waals surface area contributed by atoms with Crippen molar-refractivity contribution in [3.63, 3.8) is 0 Å². The van der Waals surface area contributed by atoms with E-state index in [1.54, 1.807) is 0 Å². The minimum absolute atomic E-state index is 0.169. The lowest BCUT2D eigenvalue weighted by Crippen LogP contribution is -2.33. The van der Waals surface area contributed by atoms with Crippen LogP contribution in [0.4, 0.5) is 5.69 Å². The molecule has 1 aromatic carbocycles. The number of amides is 1. The monoisotopic (exact) mass is 246 g/mol. The van der Waals surface area contributed by atoms with E-state index in [9.17, 15) is 4.79 Å². The lowest BCUT2D eigenvalue weighted by atomic mass is 10.00. The molecule has 1 heterocycles. The number of hydrogen-bond acceptors (Lipinski definition) is 2. The number of aryl methyl sites for hydroxylation is 2. The second kappa shape index (κ2) is 5.11. The van der Waals surface area contributed by atoms with Gasteiger partial charge in [-0.15, -0.1) is 0 Å². The smallest absolute Gasteiger partial charge is 0.248 e. The van der Waals surface area contributed by atoms with E-state index in [-0.39, 0.29) is 11.9 Å². The topological polar surface area (TPSA) is 32.3 Å². The fourth-order valence-electron chi connectivity index (χ4n) is 2.77.